The van der Waals surface area contributed by atoms with E-state index in [1.54, 1.807) is 0 Å². The van der Waals surface area contributed by atoms with Crippen LogP contribution in [0.15, 0.2) is 90.5 Å². The lowest BCUT2D eigenvalue weighted by atomic mass is 10.0. The van der Waals surface area contributed by atoms with Gasteiger partial charge in [0.05, 0.1) is 11.7 Å². The van der Waals surface area contributed by atoms with Crippen LogP contribution in [0.25, 0.3) is 0 Å². The van der Waals surface area contributed by atoms with Gasteiger partial charge in [0, 0.05) is 6.07 Å². The third-order valence-corrected chi connectivity index (χ3v) is 6.16. The van der Waals surface area contributed by atoms with Gasteiger partial charge in [0.15, 0.2) is 0 Å². The lowest BCUT2D eigenvalue weighted by molar-refractivity contribution is 0.288. The summed E-state index contributed by atoms with van der Waals surface area (Å²) < 4.78 is 18.0. The lowest BCUT2D eigenvalue weighted by Gasteiger charge is -2.14. The zero-order chi connectivity index (χ0) is 23.1. The van der Waals surface area contributed by atoms with Gasteiger partial charge < -0.3 is 14.2 Å². The topological polar surface area (TPSA) is 31.0 Å². The van der Waals surface area contributed by atoms with Crippen molar-refractivity contribution >= 4 is 0 Å². The van der Waals surface area contributed by atoms with Gasteiger partial charge in [0.1, 0.15) is 24.7 Å². The molecule has 3 nitrogen and oxygen atoms in total. The quantitative estimate of drug-likeness (QED) is 0.231. The summed E-state index contributed by atoms with van der Waals surface area (Å²) in [5.74, 6) is 1.69. The number of hydrogen-bond acceptors (Lipinski definition) is 3. The maximum atomic E-state index is 6.25. The third-order valence-electron chi connectivity index (χ3n) is 6.16. The van der Waals surface area contributed by atoms with Crippen LogP contribution in [-0.4, -0.2) is 11.7 Å². The first-order valence-electron chi connectivity index (χ1n) is 11.8. The van der Waals surface area contributed by atoms with Gasteiger partial charge in [-0.25, -0.2) is 0 Å². The Hall–Kier alpha value is -3.04. The van der Waals surface area contributed by atoms with Crippen molar-refractivity contribution in [2.45, 2.75) is 65.0 Å². The molecular formula is C30H34O3. The Balaban J connectivity index is 1.42. The molecule has 4 rings (SSSR count). The van der Waals surface area contributed by atoms with E-state index in [0.717, 1.165) is 41.9 Å². The summed E-state index contributed by atoms with van der Waals surface area (Å²) in [6.45, 7) is 7.60. The van der Waals surface area contributed by atoms with E-state index >= 15 is 0 Å². The summed E-state index contributed by atoms with van der Waals surface area (Å²) >= 11 is 0. The number of hydrogen-bond donors (Lipinski definition) is 0. The molecule has 1 atom stereocenters. The summed E-state index contributed by atoms with van der Waals surface area (Å²) in [4.78, 5) is 0. The number of epoxide rings is 1. The highest BCUT2D eigenvalue weighted by atomic mass is 16.6. The predicted octanol–water partition coefficient (Wildman–Crippen LogP) is 7.29. The second kappa shape index (κ2) is 10.7. The zero-order valence-electron chi connectivity index (χ0n) is 19.9. The van der Waals surface area contributed by atoms with Gasteiger partial charge in [-0.05, 0) is 62.8 Å². The highest BCUT2D eigenvalue weighted by Gasteiger charge is 2.46. The highest BCUT2D eigenvalue weighted by molar-refractivity contribution is 5.42. The third kappa shape index (κ3) is 6.97. The van der Waals surface area contributed by atoms with E-state index in [1.165, 1.54) is 11.1 Å². The minimum Gasteiger partial charge on any atom is -0.489 e. The molecule has 0 aromatic heterocycles. The van der Waals surface area contributed by atoms with E-state index in [9.17, 15) is 0 Å². The van der Waals surface area contributed by atoms with Crippen LogP contribution in [0.1, 0.15) is 50.3 Å². The van der Waals surface area contributed by atoms with Crippen LogP contribution in [0.2, 0.25) is 0 Å². The molecule has 3 heteroatoms. The fraction of sp³-hybridized carbons (Fsp3) is 0.333. The van der Waals surface area contributed by atoms with Crippen molar-refractivity contribution in [1.29, 1.82) is 0 Å². The van der Waals surface area contributed by atoms with Crippen LogP contribution in [0.5, 0.6) is 11.5 Å². The molecule has 0 spiro atoms. The van der Waals surface area contributed by atoms with Crippen molar-refractivity contribution in [2.75, 3.05) is 0 Å². The SMILES string of the molecule is C/C(=C\Cc1ccc(OCc2ccccc2)cc1OCc1ccccc1)CC[C@H]1OC1(C)C. The molecule has 1 aliphatic rings. The summed E-state index contributed by atoms with van der Waals surface area (Å²) in [7, 11) is 0. The van der Waals surface area contributed by atoms with Crippen LogP contribution >= 0.6 is 0 Å². The molecule has 3 aromatic carbocycles. The van der Waals surface area contributed by atoms with Gasteiger partial charge in [-0.1, -0.05) is 78.4 Å². The average molecular weight is 443 g/mol. The Kier molecular flexibility index (Phi) is 7.51. The minimum absolute atomic E-state index is 0.0638. The fourth-order valence-corrected chi connectivity index (χ4v) is 3.89. The van der Waals surface area contributed by atoms with Gasteiger partial charge in [-0.3, -0.25) is 0 Å². The Morgan fingerprint density at radius 3 is 2.09 bits per heavy atom. The Labute approximate surface area is 198 Å². The van der Waals surface area contributed by atoms with Crippen molar-refractivity contribution < 1.29 is 14.2 Å². The normalized spacial score (nSPS) is 16.9. The van der Waals surface area contributed by atoms with Crippen molar-refractivity contribution in [2.24, 2.45) is 0 Å². The number of ether oxygens (including phenoxy) is 3. The second-order valence-corrected chi connectivity index (χ2v) is 9.32. The predicted molar refractivity (Wildman–Crippen MR) is 134 cm³/mol. The average Bonchev–Trinajstić information content (AvgIpc) is 3.46. The minimum atomic E-state index is 0.0638. The first-order chi connectivity index (χ1) is 16.0. The van der Waals surface area contributed by atoms with Crippen LogP contribution in [-0.2, 0) is 24.4 Å². The maximum absolute atomic E-state index is 6.25. The van der Waals surface area contributed by atoms with Gasteiger partial charge in [0.2, 0.25) is 0 Å². The highest BCUT2D eigenvalue weighted by Crippen LogP contribution is 2.39. The summed E-state index contributed by atoms with van der Waals surface area (Å²) in [6, 6.07) is 26.7. The molecule has 1 fully saturated rings. The zero-order valence-corrected chi connectivity index (χ0v) is 19.9. The molecule has 33 heavy (non-hydrogen) atoms. The molecule has 3 aromatic rings. The van der Waals surface area contributed by atoms with E-state index in [2.05, 4.69) is 57.2 Å². The fourth-order valence-electron chi connectivity index (χ4n) is 3.89. The number of benzene rings is 3. The smallest absolute Gasteiger partial charge is 0.127 e. The molecule has 1 saturated heterocycles. The Morgan fingerprint density at radius 1 is 0.879 bits per heavy atom. The van der Waals surface area contributed by atoms with E-state index in [-0.39, 0.29) is 5.60 Å². The van der Waals surface area contributed by atoms with Crippen molar-refractivity contribution in [3.63, 3.8) is 0 Å². The van der Waals surface area contributed by atoms with Crippen molar-refractivity contribution in [3.8, 4) is 11.5 Å². The van der Waals surface area contributed by atoms with E-state index in [0.29, 0.717) is 19.3 Å². The van der Waals surface area contributed by atoms with Crippen LogP contribution in [0.3, 0.4) is 0 Å². The molecule has 1 heterocycles. The molecule has 172 valence electrons. The number of allylic oxidation sites excluding steroid dienone is 2. The standard InChI is InChI=1S/C30H34O3/c1-23(15-19-29-30(2,3)33-29)14-16-26-17-18-27(31-21-24-10-6-4-7-11-24)20-28(26)32-22-25-12-8-5-9-13-25/h4-14,17-18,20,29H,15-16,19,21-22H2,1-3H3/b23-14+/t29-/m1/s1. The van der Waals surface area contributed by atoms with Gasteiger partial charge >= 0.3 is 0 Å². The first kappa shape index (κ1) is 23.1. The van der Waals surface area contributed by atoms with Gasteiger partial charge in [0.25, 0.3) is 0 Å². The largest absolute Gasteiger partial charge is 0.489 e. The molecule has 0 bridgehead atoms. The Morgan fingerprint density at radius 2 is 1.48 bits per heavy atom. The van der Waals surface area contributed by atoms with Gasteiger partial charge in [-0.2, -0.15) is 0 Å². The first-order valence-corrected chi connectivity index (χ1v) is 11.8. The molecule has 0 saturated carbocycles. The summed E-state index contributed by atoms with van der Waals surface area (Å²) in [6.07, 6.45) is 5.69. The van der Waals surface area contributed by atoms with Gasteiger partial charge in [-0.15, -0.1) is 0 Å². The Bertz CT molecular complexity index is 1050. The molecule has 0 radical (unpaired) electrons. The van der Waals surface area contributed by atoms with Crippen LogP contribution in [0, 0.1) is 0 Å². The van der Waals surface area contributed by atoms with Crippen LogP contribution in [0.4, 0.5) is 0 Å². The van der Waals surface area contributed by atoms with E-state index in [1.807, 2.05) is 48.5 Å². The van der Waals surface area contributed by atoms with Crippen molar-refractivity contribution in [3.05, 3.63) is 107 Å². The molecule has 0 N–H and O–H groups in total. The molecule has 0 unspecified atom stereocenters. The summed E-state index contributed by atoms with van der Waals surface area (Å²) in [5, 5.41) is 0. The maximum Gasteiger partial charge on any atom is 0.127 e. The monoisotopic (exact) mass is 442 g/mol. The van der Waals surface area contributed by atoms with Crippen LogP contribution < -0.4 is 9.47 Å². The number of rotatable bonds is 11. The van der Waals surface area contributed by atoms with E-state index < -0.39 is 0 Å². The van der Waals surface area contributed by atoms with E-state index in [4.69, 9.17) is 14.2 Å². The molecule has 1 aliphatic heterocycles. The lowest BCUT2D eigenvalue weighted by Crippen LogP contribution is -2.02. The van der Waals surface area contributed by atoms with Crippen molar-refractivity contribution in [1.82, 2.24) is 0 Å². The molecule has 0 amide bonds. The molecular weight excluding hydrogens is 408 g/mol. The second-order valence-electron chi connectivity index (χ2n) is 9.32. The summed E-state index contributed by atoms with van der Waals surface area (Å²) in [5.41, 5.74) is 4.92. The molecule has 0 aliphatic carbocycles.